The van der Waals surface area contributed by atoms with Crippen LogP contribution in [0.2, 0.25) is 0 Å². The Hall–Kier alpha value is -4.07. The van der Waals surface area contributed by atoms with Gasteiger partial charge >= 0.3 is 29.8 Å². The van der Waals surface area contributed by atoms with Crippen molar-refractivity contribution in [3.8, 4) is 5.75 Å². The number of esters is 5. The van der Waals surface area contributed by atoms with Gasteiger partial charge in [-0.15, -0.1) is 0 Å². The number of aliphatic hydroxyl groups is 1. The Morgan fingerprint density at radius 3 is 2.25 bits per heavy atom. The fourth-order valence-electron chi connectivity index (χ4n) is 12.8. The van der Waals surface area contributed by atoms with Crippen LogP contribution in [0.25, 0.3) is 0 Å². The number of hydrogen-bond acceptors (Lipinski definition) is 13. The molecule has 0 amide bonds. The molecule has 6 aliphatic rings. The average Bonchev–Trinajstić information content (AvgIpc) is 3.93. The molecule has 0 radical (unpaired) electrons. The molecule has 1 saturated heterocycles. The summed E-state index contributed by atoms with van der Waals surface area (Å²) in [5.41, 5.74) is -6.68. The zero-order chi connectivity index (χ0) is 40.8. The number of carbonyl (C=O) groups excluding carboxylic acids is 5. The predicted molar refractivity (Wildman–Crippen MR) is 198 cm³/mol. The van der Waals surface area contributed by atoms with E-state index in [1.54, 1.807) is 31.2 Å². The molecule has 7 rings (SSSR count). The average molecular weight is 779 g/mol. The highest BCUT2D eigenvalue weighted by molar-refractivity contribution is 5.93. The summed E-state index contributed by atoms with van der Waals surface area (Å²) in [5.74, 6) is -4.15. The van der Waals surface area contributed by atoms with Crippen LogP contribution in [0.4, 0.5) is 0 Å². The van der Waals surface area contributed by atoms with Crippen molar-refractivity contribution in [3.63, 3.8) is 0 Å². The maximum atomic E-state index is 13.9. The minimum Gasteiger partial charge on any atom is -0.467 e. The number of para-hydroxylation sites is 1. The lowest BCUT2D eigenvalue weighted by Gasteiger charge is -2.73. The monoisotopic (exact) mass is 778 g/mol. The number of carbonyl (C=O) groups is 5. The van der Waals surface area contributed by atoms with Crippen LogP contribution >= 0.6 is 0 Å². The van der Waals surface area contributed by atoms with Crippen LogP contribution < -0.4 is 4.74 Å². The van der Waals surface area contributed by atoms with E-state index in [0.717, 1.165) is 0 Å². The van der Waals surface area contributed by atoms with Gasteiger partial charge in [-0.2, -0.15) is 0 Å². The summed E-state index contributed by atoms with van der Waals surface area (Å²) in [7, 11) is 1.24. The first kappa shape index (κ1) is 40.1. The molecule has 13 heteroatoms. The van der Waals surface area contributed by atoms with E-state index in [9.17, 15) is 29.1 Å². The fraction of sp³-hybridized carbons (Fsp3) is 0.651. The van der Waals surface area contributed by atoms with Crippen molar-refractivity contribution in [3.05, 3.63) is 54.1 Å². The van der Waals surface area contributed by atoms with Gasteiger partial charge in [0.15, 0.2) is 6.10 Å². The lowest BCUT2D eigenvalue weighted by Crippen LogP contribution is -2.82. The first-order valence-electron chi connectivity index (χ1n) is 19.5. The van der Waals surface area contributed by atoms with Gasteiger partial charge in [0.25, 0.3) is 0 Å². The van der Waals surface area contributed by atoms with Crippen molar-refractivity contribution < 1.29 is 62.2 Å². The van der Waals surface area contributed by atoms with E-state index in [0.29, 0.717) is 44.5 Å². The van der Waals surface area contributed by atoms with Gasteiger partial charge in [-0.3, -0.25) is 14.4 Å². The quantitative estimate of drug-likeness (QED) is 0.128. The van der Waals surface area contributed by atoms with E-state index < -0.39 is 93.0 Å². The van der Waals surface area contributed by atoms with Crippen molar-refractivity contribution in [2.75, 3.05) is 20.3 Å². The van der Waals surface area contributed by atoms with Crippen LogP contribution in [0.3, 0.4) is 0 Å². The summed E-state index contributed by atoms with van der Waals surface area (Å²) in [6.45, 7) is 16.5. The molecule has 1 aromatic carbocycles. The lowest BCUT2D eigenvalue weighted by molar-refractivity contribution is -0.336. The summed E-state index contributed by atoms with van der Waals surface area (Å²) in [5, 5.41) is 13.5. The first-order valence-corrected chi connectivity index (χ1v) is 19.5. The van der Waals surface area contributed by atoms with Gasteiger partial charge in [-0.25, -0.2) is 9.59 Å². The summed E-state index contributed by atoms with van der Waals surface area (Å²) in [4.78, 5) is 65.8. The molecule has 3 unspecified atom stereocenters. The van der Waals surface area contributed by atoms with Crippen molar-refractivity contribution in [2.45, 2.75) is 116 Å². The number of fused-ring (bicyclic) bond motifs is 9. The van der Waals surface area contributed by atoms with E-state index in [2.05, 4.69) is 19.6 Å². The maximum absolute atomic E-state index is 13.9. The molecule has 13 atom stereocenters. The standard InChI is InChI=1S/C43H54O13/c1-23-21-42(49)32-16-18-38(6)30(39(32,7)34(54-26(4)45)35(55-27(5)46)40(42,8)43(33(23)56-43)37(48)50-9)17-19-41(22-51-20-12-15-31(38)41)24(2)52-36(47)28-13-10-11-14-29(28)53-25(3)44/h10-15,24,30-35,49H,1,16-22H2,2-9H3/t24?,30?,31-,32?,33+,34+,35-,38+,39+,40+,41-,42+,43-/m0/s1. The highest BCUT2D eigenvalue weighted by atomic mass is 16.7. The summed E-state index contributed by atoms with van der Waals surface area (Å²) >= 11 is 0. The minimum absolute atomic E-state index is 0.0735. The van der Waals surface area contributed by atoms with Crippen molar-refractivity contribution in [1.82, 2.24) is 0 Å². The Labute approximate surface area is 327 Å². The van der Waals surface area contributed by atoms with Gasteiger partial charge in [0.2, 0.25) is 5.60 Å². The third-order valence-electron chi connectivity index (χ3n) is 15.1. The van der Waals surface area contributed by atoms with Gasteiger partial charge in [0, 0.05) is 38.0 Å². The third-order valence-corrected chi connectivity index (χ3v) is 15.1. The Morgan fingerprint density at radius 2 is 1.59 bits per heavy atom. The Kier molecular flexibility index (Phi) is 9.69. The van der Waals surface area contributed by atoms with Gasteiger partial charge in [0.05, 0.1) is 31.3 Å². The summed E-state index contributed by atoms with van der Waals surface area (Å²) in [6.07, 6.45) is 2.47. The number of allylic oxidation sites excluding steroid dienone is 1. The van der Waals surface area contributed by atoms with Crippen molar-refractivity contribution in [1.29, 1.82) is 0 Å². The molecule has 5 fully saturated rings. The number of epoxide rings is 1. The summed E-state index contributed by atoms with van der Waals surface area (Å²) in [6, 6.07) is 6.45. The van der Waals surface area contributed by atoms with Crippen LogP contribution in [0.5, 0.6) is 5.75 Å². The SMILES string of the molecule is C=C1C[C@@]2(O)C3CC[C@]4(C)C(CC[C@@]5(C(C)OC(=O)c6ccccc6OC(C)=O)COCC=C[C@H]54)[C@@]3(C)[C@H](OC(C)=O)[C@H](OC(C)=O)[C@@]2(C)[C@]2(C(=O)OC)O[C@H]12. The molecule has 13 nitrogen and oxygen atoms in total. The molecular weight excluding hydrogens is 724 g/mol. The Bertz CT molecular complexity index is 1890. The molecular formula is C43H54O13. The van der Waals surface area contributed by atoms with Crippen LogP contribution in [0.1, 0.15) is 90.9 Å². The number of methoxy groups -OCH3 is 1. The molecule has 0 bridgehead atoms. The highest BCUT2D eigenvalue weighted by Crippen LogP contribution is 2.78. The van der Waals surface area contributed by atoms with Crippen molar-refractivity contribution in [2.24, 2.45) is 39.4 Å². The van der Waals surface area contributed by atoms with Crippen LogP contribution in [0, 0.1) is 39.4 Å². The van der Waals surface area contributed by atoms with Gasteiger partial charge in [-0.1, -0.05) is 44.7 Å². The van der Waals surface area contributed by atoms with E-state index in [1.807, 2.05) is 19.9 Å². The van der Waals surface area contributed by atoms with Gasteiger partial charge in [-0.05, 0) is 80.4 Å². The van der Waals surface area contributed by atoms with Gasteiger partial charge < -0.3 is 38.3 Å². The van der Waals surface area contributed by atoms with Crippen LogP contribution in [0.15, 0.2) is 48.6 Å². The normalized spacial score (nSPS) is 42.4. The molecule has 4 aliphatic carbocycles. The largest absolute Gasteiger partial charge is 0.467 e. The maximum Gasteiger partial charge on any atom is 0.342 e. The Morgan fingerprint density at radius 1 is 0.929 bits per heavy atom. The van der Waals surface area contributed by atoms with Crippen LogP contribution in [-0.2, 0) is 47.6 Å². The van der Waals surface area contributed by atoms with E-state index in [-0.39, 0.29) is 29.6 Å². The third kappa shape index (κ3) is 5.32. The second-order valence-corrected chi connectivity index (χ2v) is 17.6. The number of ether oxygens (including phenoxy) is 7. The first-order chi connectivity index (χ1) is 26.3. The van der Waals surface area contributed by atoms with Gasteiger partial charge in [0.1, 0.15) is 29.6 Å². The van der Waals surface area contributed by atoms with Crippen molar-refractivity contribution >= 4 is 29.8 Å². The second kappa shape index (κ2) is 13.5. The lowest BCUT2D eigenvalue weighted by atomic mass is 9.32. The van der Waals surface area contributed by atoms with E-state index >= 15 is 0 Å². The number of hydrogen-bond donors (Lipinski definition) is 1. The van der Waals surface area contributed by atoms with E-state index in [4.69, 9.17) is 33.2 Å². The molecule has 2 heterocycles. The zero-order valence-corrected chi connectivity index (χ0v) is 33.5. The smallest absolute Gasteiger partial charge is 0.342 e. The predicted octanol–water partition coefficient (Wildman–Crippen LogP) is 5.06. The zero-order valence-electron chi connectivity index (χ0n) is 33.5. The number of benzene rings is 1. The molecule has 0 aromatic heterocycles. The second-order valence-electron chi connectivity index (χ2n) is 17.6. The fourth-order valence-corrected chi connectivity index (χ4v) is 12.8. The minimum atomic E-state index is -1.73. The van der Waals surface area contributed by atoms with Crippen LogP contribution in [-0.4, -0.2) is 90.9 Å². The molecule has 4 saturated carbocycles. The number of rotatable bonds is 7. The molecule has 304 valence electrons. The molecule has 2 aliphatic heterocycles. The van der Waals surface area contributed by atoms with E-state index in [1.165, 1.54) is 27.9 Å². The topological polar surface area (TPSA) is 173 Å². The molecule has 0 spiro atoms. The highest BCUT2D eigenvalue weighted by Gasteiger charge is 2.90. The molecule has 1 aromatic rings. The Balaban J connectivity index is 1.34. The molecule has 1 N–H and O–H groups in total. The summed E-state index contributed by atoms with van der Waals surface area (Å²) < 4.78 is 42.0. The molecule has 56 heavy (non-hydrogen) atoms.